The molecule has 0 bridgehead atoms. The number of methoxy groups -OCH3 is 1. The first-order valence-corrected chi connectivity index (χ1v) is 10.9. The van der Waals surface area contributed by atoms with Gasteiger partial charge in [0.1, 0.15) is 23.7 Å². The zero-order valence-electron chi connectivity index (χ0n) is 17.2. The molecule has 0 aliphatic heterocycles. The quantitative estimate of drug-likeness (QED) is 0.381. The molecule has 1 aromatic heterocycles. The summed E-state index contributed by atoms with van der Waals surface area (Å²) in [5.41, 5.74) is 0.278. The Hall–Kier alpha value is -4.00. The summed E-state index contributed by atoms with van der Waals surface area (Å²) in [6.07, 6.45) is 2.32. The molecule has 0 radical (unpaired) electrons. The van der Waals surface area contributed by atoms with E-state index in [0.29, 0.717) is 17.2 Å². The molecule has 168 valence electrons. The maximum Gasteiger partial charge on any atom is 0.307 e. The number of rotatable bonds is 8. The SMILES string of the molecule is COc1cc(F)c([N+](=O)[O-])cc1Nc1cc(Nc2ccccc2N(C)S(C)(=O)=O)ncn1. The van der Waals surface area contributed by atoms with Crippen LogP contribution < -0.4 is 19.7 Å². The lowest BCUT2D eigenvalue weighted by atomic mass is 10.2. The number of sulfonamides is 1. The minimum absolute atomic E-state index is 0.0429. The first-order chi connectivity index (χ1) is 15.1. The number of hydrogen-bond donors (Lipinski definition) is 2. The summed E-state index contributed by atoms with van der Waals surface area (Å²) in [5.74, 6) is -0.446. The zero-order valence-corrected chi connectivity index (χ0v) is 18.1. The molecule has 0 saturated heterocycles. The number of nitro benzene ring substituents is 1. The first-order valence-electron chi connectivity index (χ1n) is 9.01. The third-order valence-corrected chi connectivity index (χ3v) is 5.59. The minimum Gasteiger partial charge on any atom is -0.494 e. The molecule has 1 heterocycles. The van der Waals surface area contributed by atoms with Crippen LogP contribution in [0.4, 0.5) is 38.8 Å². The van der Waals surface area contributed by atoms with Crippen molar-refractivity contribution >= 4 is 44.4 Å². The van der Waals surface area contributed by atoms with E-state index in [1.54, 1.807) is 24.3 Å². The van der Waals surface area contributed by atoms with Gasteiger partial charge in [-0.3, -0.25) is 14.4 Å². The molecule has 0 aliphatic carbocycles. The fourth-order valence-electron chi connectivity index (χ4n) is 2.75. The molecule has 11 nitrogen and oxygen atoms in total. The van der Waals surface area contributed by atoms with Gasteiger partial charge in [0.15, 0.2) is 0 Å². The Bertz CT molecular complexity index is 1270. The molecule has 2 N–H and O–H groups in total. The number of benzene rings is 2. The van der Waals surface area contributed by atoms with Gasteiger partial charge < -0.3 is 15.4 Å². The van der Waals surface area contributed by atoms with Crippen LogP contribution in [0.15, 0.2) is 48.8 Å². The lowest BCUT2D eigenvalue weighted by Gasteiger charge is -2.20. The molecule has 0 spiro atoms. The van der Waals surface area contributed by atoms with Crippen molar-refractivity contribution in [3.05, 3.63) is 64.7 Å². The van der Waals surface area contributed by atoms with Gasteiger partial charge in [0, 0.05) is 25.2 Å². The highest BCUT2D eigenvalue weighted by molar-refractivity contribution is 7.92. The third-order valence-electron chi connectivity index (χ3n) is 4.40. The highest BCUT2D eigenvalue weighted by Gasteiger charge is 2.20. The normalized spacial score (nSPS) is 11.0. The van der Waals surface area contributed by atoms with Crippen molar-refractivity contribution in [2.45, 2.75) is 0 Å². The van der Waals surface area contributed by atoms with E-state index in [9.17, 15) is 22.9 Å². The van der Waals surface area contributed by atoms with Crippen LogP contribution in [0.5, 0.6) is 5.75 Å². The summed E-state index contributed by atoms with van der Waals surface area (Å²) in [6.45, 7) is 0. The van der Waals surface area contributed by atoms with Crippen LogP contribution in [-0.2, 0) is 10.0 Å². The summed E-state index contributed by atoms with van der Waals surface area (Å²) < 4.78 is 43.9. The van der Waals surface area contributed by atoms with Gasteiger partial charge >= 0.3 is 5.69 Å². The van der Waals surface area contributed by atoms with Gasteiger partial charge in [-0.2, -0.15) is 4.39 Å². The van der Waals surface area contributed by atoms with E-state index in [1.807, 2.05) is 0 Å². The number of ether oxygens (including phenoxy) is 1. The van der Waals surface area contributed by atoms with Crippen LogP contribution >= 0.6 is 0 Å². The predicted octanol–water partition coefficient (Wildman–Crippen LogP) is 3.42. The average molecular weight is 462 g/mol. The Labute approximate surface area is 183 Å². The number of nitro groups is 1. The predicted molar refractivity (Wildman–Crippen MR) is 118 cm³/mol. The standard InChI is InChI=1S/C19H19FN6O5S/c1-25(32(3,29)30)15-7-5-4-6-13(15)23-18-10-19(22-11-21-18)24-14-9-16(26(27)28)12(20)8-17(14)31-2/h4-11H,1-3H3,(H2,21,22,23,24). The Morgan fingerprint density at radius 1 is 1.09 bits per heavy atom. The molecular weight excluding hydrogens is 443 g/mol. The summed E-state index contributed by atoms with van der Waals surface area (Å²) in [4.78, 5) is 18.4. The molecule has 2 aromatic carbocycles. The van der Waals surface area contributed by atoms with Crippen LogP contribution in [0, 0.1) is 15.9 Å². The molecule has 0 saturated carbocycles. The molecule has 3 aromatic rings. The van der Waals surface area contributed by atoms with Crippen molar-refractivity contribution in [1.82, 2.24) is 9.97 Å². The van der Waals surface area contributed by atoms with Crippen LogP contribution in [0.1, 0.15) is 0 Å². The number of anilines is 5. The van der Waals surface area contributed by atoms with E-state index in [4.69, 9.17) is 4.74 Å². The van der Waals surface area contributed by atoms with Gasteiger partial charge in [0.2, 0.25) is 15.8 Å². The van der Waals surface area contributed by atoms with Crippen molar-refractivity contribution in [3.63, 3.8) is 0 Å². The van der Waals surface area contributed by atoms with Gasteiger partial charge in [-0.25, -0.2) is 18.4 Å². The molecule has 0 fully saturated rings. The number of aromatic nitrogens is 2. The smallest absolute Gasteiger partial charge is 0.307 e. The van der Waals surface area contributed by atoms with Gasteiger partial charge in [-0.05, 0) is 12.1 Å². The summed E-state index contributed by atoms with van der Waals surface area (Å²) in [5, 5.41) is 16.9. The van der Waals surface area contributed by atoms with Crippen molar-refractivity contribution in [3.8, 4) is 5.75 Å². The molecule has 13 heteroatoms. The number of hydrogen-bond acceptors (Lipinski definition) is 9. The molecule has 0 amide bonds. The number of nitrogens with zero attached hydrogens (tertiary/aromatic N) is 4. The third kappa shape index (κ3) is 5.00. The maximum absolute atomic E-state index is 13.9. The fraction of sp³-hybridized carbons (Fsp3) is 0.158. The van der Waals surface area contributed by atoms with E-state index in [-0.39, 0.29) is 17.3 Å². The van der Waals surface area contributed by atoms with Crippen LogP contribution in [-0.4, -0.2) is 43.7 Å². The second kappa shape index (κ2) is 9.01. The summed E-state index contributed by atoms with van der Waals surface area (Å²) in [7, 11) is -0.767. The van der Waals surface area contributed by atoms with Crippen LogP contribution in [0.2, 0.25) is 0 Å². The lowest BCUT2D eigenvalue weighted by Crippen LogP contribution is -2.25. The van der Waals surface area contributed by atoms with Crippen LogP contribution in [0.25, 0.3) is 0 Å². The van der Waals surface area contributed by atoms with Crippen molar-refractivity contribution in [2.24, 2.45) is 0 Å². The fourth-order valence-corrected chi connectivity index (χ4v) is 3.27. The lowest BCUT2D eigenvalue weighted by molar-refractivity contribution is -0.387. The van der Waals surface area contributed by atoms with Gasteiger partial charge in [0.05, 0.1) is 35.4 Å². The van der Waals surface area contributed by atoms with Crippen molar-refractivity contribution < 1.29 is 22.5 Å². The molecule has 3 rings (SSSR count). The Morgan fingerprint density at radius 3 is 2.31 bits per heavy atom. The highest BCUT2D eigenvalue weighted by Crippen LogP contribution is 2.34. The van der Waals surface area contributed by atoms with Crippen molar-refractivity contribution in [1.29, 1.82) is 0 Å². The van der Waals surface area contributed by atoms with E-state index >= 15 is 0 Å². The minimum atomic E-state index is -3.49. The largest absolute Gasteiger partial charge is 0.494 e. The van der Waals surface area contributed by atoms with Crippen LogP contribution in [0.3, 0.4) is 0 Å². The van der Waals surface area contributed by atoms with E-state index in [1.165, 1.54) is 26.6 Å². The Balaban J connectivity index is 1.92. The molecular formula is C19H19FN6O5S. The second-order valence-electron chi connectivity index (χ2n) is 6.55. The Kier molecular flexibility index (Phi) is 6.39. The summed E-state index contributed by atoms with van der Waals surface area (Å²) >= 11 is 0. The second-order valence-corrected chi connectivity index (χ2v) is 8.56. The van der Waals surface area contributed by atoms with E-state index in [0.717, 1.165) is 22.7 Å². The number of para-hydroxylation sites is 2. The average Bonchev–Trinajstić information content (AvgIpc) is 2.74. The summed E-state index contributed by atoms with van der Waals surface area (Å²) in [6, 6.07) is 10.1. The van der Waals surface area contributed by atoms with E-state index in [2.05, 4.69) is 20.6 Å². The highest BCUT2D eigenvalue weighted by atomic mass is 32.2. The first kappa shape index (κ1) is 22.7. The number of halogens is 1. The topological polar surface area (TPSA) is 140 Å². The monoisotopic (exact) mass is 462 g/mol. The molecule has 0 atom stereocenters. The van der Waals surface area contributed by atoms with E-state index < -0.39 is 26.5 Å². The number of nitrogens with one attached hydrogen (secondary N) is 2. The van der Waals surface area contributed by atoms with Gasteiger partial charge in [-0.1, -0.05) is 12.1 Å². The maximum atomic E-state index is 13.9. The molecule has 0 aliphatic rings. The molecule has 32 heavy (non-hydrogen) atoms. The van der Waals surface area contributed by atoms with Gasteiger partial charge in [0.25, 0.3) is 0 Å². The zero-order chi connectivity index (χ0) is 23.5. The Morgan fingerprint density at radius 2 is 1.72 bits per heavy atom. The van der Waals surface area contributed by atoms with Crippen molar-refractivity contribution in [2.75, 3.05) is 35.4 Å². The molecule has 0 unspecified atom stereocenters. The van der Waals surface area contributed by atoms with Gasteiger partial charge in [-0.15, -0.1) is 0 Å².